The molecule has 2 atom stereocenters. The van der Waals surface area contributed by atoms with Gasteiger partial charge in [0.1, 0.15) is 17.2 Å². The van der Waals surface area contributed by atoms with E-state index >= 15 is 0 Å². The van der Waals surface area contributed by atoms with Crippen LogP contribution in [-0.4, -0.2) is 49.7 Å². The van der Waals surface area contributed by atoms with Crippen LogP contribution in [0.15, 0.2) is 42.7 Å². The van der Waals surface area contributed by atoms with Gasteiger partial charge in [0.25, 0.3) is 0 Å². The normalized spacial score (nSPS) is 23.3. The minimum atomic E-state index is 0.659. The summed E-state index contributed by atoms with van der Waals surface area (Å²) in [6, 6.07) is 10.4. The average molecular weight is 325 g/mol. The largest absolute Gasteiger partial charge is 0.497 e. The summed E-state index contributed by atoms with van der Waals surface area (Å²) in [6.07, 6.45) is 5.01. The van der Waals surface area contributed by atoms with E-state index in [-0.39, 0.29) is 0 Å². The first-order valence-electron chi connectivity index (χ1n) is 8.43. The highest BCUT2D eigenvalue weighted by Crippen LogP contribution is 2.33. The molecule has 2 bridgehead atoms. The number of benzene rings is 1. The zero-order valence-corrected chi connectivity index (χ0v) is 14.2. The predicted octanol–water partition coefficient (Wildman–Crippen LogP) is 3.02. The van der Waals surface area contributed by atoms with E-state index in [9.17, 15) is 0 Å². The van der Waals surface area contributed by atoms with Gasteiger partial charge in [0.15, 0.2) is 0 Å². The smallest absolute Gasteiger partial charge is 0.147 e. The van der Waals surface area contributed by atoms with Crippen molar-refractivity contribution in [3.8, 4) is 17.2 Å². The van der Waals surface area contributed by atoms with Crippen molar-refractivity contribution in [1.29, 1.82) is 0 Å². The lowest BCUT2D eigenvalue weighted by Crippen LogP contribution is -2.41. The average Bonchev–Trinajstić information content (AvgIpc) is 2.87. The van der Waals surface area contributed by atoms with Gasteiger partial charge in [-0.15, -0.1) is 0 Å². The molecule has 0 aliphatic carbocycles. The van der Waals surface area contributed by atoms with Crippen LogP contribution in [0.2, 0.25) is 0 Å². The molecule has 0 radical (unpaired) electrons. The summed E-state index contributed by atoms with van der Waals surface area (Å²) in [5.41, 5.74) is 1.14. The summed E-state index contributed by atoms with van der Waals surface area (Å²) in [5.74, 6) is 3.06. The minimum Gasteiger partial charge on any atom is -0.497 e. The molecule has 2 saturated heterocycles. The third kappa shape index (κ3) is 3.04. The van der Waals surface area contributed by atoms with Gasteiger partial charge in [-0.1, -0.05) is 6.07 Å². The Hall–Kier alpha value is -2.27. The molecule has 5 heteroatoms. The van der Waals surface area contributed by atoms with Crippen molar-refractivity contribution in [3.63, 3.8) is 0 Å². The van der Waals surface area contributed by atoms with Gasteiger partial charge in [-0.25, -0.2) is 0 Å². The van der Waals surface area contributed by atoms with Gasteiger partial charge in [-0.05, 0) is 31.5 Å². The summed E-state index contributed by atoms with van der Waals surface area (Å²) in [6.45, 7) is 3.37. The number of rotatable bonds is 4. The van der Waals surface area contributed by atoms with Gasteiger partial charge in [-0.2, -0.15) is 0 Å². The number of fused-ring (bicyclic) bond motifs is 2. The second kappa shape index (κ2) is 6.32. The Morgan fingerprint density at radius 3 is 2.75 bits per heavy atom. The van der Waals surface area contributed by atoms with Gasteiger partial charge in [0.05, 0.1) is 25.2 Å². The number of nitrogens with zero attached hydrogens (tertiary/aromatic N) is 3. The van der Waals surface area contributed by atoms with Gasteiger partial charge in [-0.3, -0.25) is 4.98 Å². The van der Waals surface area contributed by atoms with Gasteiger partial charge < -0.3 is 19.3 Å². The van der Waals surface area contributed by atoms with Crippen LogP contribution in [0.1, 0.15) is 6.42 Å². The first-order chi connectivity index (χ1) is 11.7. The molecule has 24 heavy (non-hydrogen) atoms. The van der Waals surface area contributed by atoms with Crippen LogP contribution in [0, 0.1) is 5.92 Å². The lowest BCUT2D eigenvalue weighted by Gasteiger charge is -2.33. The predicted molar refractivity (Wildman–Crippen MR) is 94.0 cm³/mol. The molecule has 3 heterocycles. The summed E-state index contributed by atoms with van der Waals surface area (Å²) in [7, 11) is 3.89. The second-order valence-corrected chi connectivity index (χ2v) is 6.76. The highest BCUT2D eigenvalue weighted by Gasteiger charge is 2.36. The van der Waals surface area contributed by atoms with Crippen molar-refractivity contribution in [3.05, 3.63) is 42.7 Å². The van der Waals surface area contributed by atoms with Crippen LogP contribution in [0.25, 0.3) is 0 Å². The second-order valence-electron chi connectivity index (χ2n) is 6.76. The maximum atomic E-state index is 5.96. The number of hydrogen-bond donors (Lipinski definition) is 0. The Balaban J connectivity index is 1.51. The topological polar surface area (TPSA) is 37.8 Å². The Bertz CT molecular complexity index is 719. The lowest BCUT2D eigenvalue weighted by atomic mass is 9.99. The number of aromatic nitrogens is 1. The highest BCUT2D eigenvalue weighted by molar-refractivity contribution is 5.50. The third-order valence-corrected chi connectivity index (χ3v) is 5.03. The molecule has 126 valence electrons. The van der Waals surface area contributed by atoms with Crippen molar-refractivity contribution in [2.24, 2.45) is 5.92 Å². The molecule has 1 aromatic heterocycles. The number of likely N-dealkylation sites (tertiary alicyclic amines) is 1. The van der Waals surface area contributed by atoms with E-state index in [2.05, 4.69) is 27.9 Å². The monoisotopic (exact) mass is 325 g/mol. The minimum absolute atomic E-state index is 0.659. The maximum absolute atomic E-state index is 5.96. The summed E-state index contributed by atoms with van der Waals surface area (Å²) >= 11 is 0. The Morgan fingerprint density at radius 2 is 1.92 bits per heavy atom. The van der Waals surface area contributed by atoms with Crippen LogP contribution < -0.4 is 14.4 Å². The zero-order chi connectivity index (χ0) is 16.5. The molecular weight excluding hydrogens is 302 g/mol. The van der Waals surface area contributed by atoms with Gasteiger partial charge in [0, 0.05) is 37.8 Å². The third-order valence-electron chi connectivity index (χ3n) is 5.03. The molecule has 2 unspecified atom stereocenters. The zero-order valence-electron chi connectivity index (χ0n) is 14.2. The van der Waals surface area contributed by atoms with E-state index in [4.69, 9.17) is 9.47 Å². The number of piperidine rings is 1. The van der Waals surface area contributed by atoms with E-state index in [1.807, 2.05) is 30.5 Å². The Morgan fingerprint density at radius 1 is 1.04 bits per heavy atom. The number of hydrogen-bond acceptors (Lipinski definition) is 5. The molecule has 0 spiro atoms. The van der Waals surface area contributed by atoms with Gasteiger partial charge in [0.2, 0.25) is 0 Å². The molecule has 2 aliphatic rings. The van der Waals surface area contributed by atoms with E-state index in [0.717, 1.165) is 41.9 Å². The van der Waals surface area contributed by atoms with Crippen molar-refractivity contribution in [2.45, 2.75) is 12.5 Å². The molecule has 0 N–H and O–H groups in total. The maximum Gasteiger partial charge on any atom is 0.147 e. The quantitative estimate of drug-likeness (QED) is 0.864. The number of methoxy groups -OCH3 is 1. The van der Waals surface area contributed by atoms with Gasteiger partial charge >= 0.3 is 0 Å². The van der Waals surface area contributed by atoms with E-state index in [1.165, 1.54) is 13.0 Å². The molecule has 4 rings (SSSR count). The lowest BCUT2D eigenvalue weighted by molar-refractivity contribution is 0.317. The van der Waals surface area contributed by atoms with Crippen LogP contribution in [0.3, 0.4) is 0 Å². The summed E-state index contributed by atoms with van der Waals surface area (Å²) in [4.78, 5) is 9.30. The van der Waals surface area contributed by atoms with E-state index < -0.39 is 0 Å². The molecule has 2 aromatic rings. The van der Waals surface area contributed by atoms with Crippen LogP contribution >= 0.6 is 0 Å². The molecule has 2 aliphatic heterocycles. The van der Waals surface area contributed by atoms with Crippen LogP contribution in [0.4, 0.5) is 5.69 Å². The summed E-state index contributed by atoms with van der Waals surface area (Å²) < 4.78 is 11.2. The molecule has 2 fully saturated rings. The summed E-state index contributed by atoms with van der Waals surface area (Å²) in [5, 5.41) is 0. The first-order valence-corrected chi connectivity index (χ1v) is 8.43. The van der Waals surface area contributed by atoms with Crippen molar-refractivity contribution in [1.82, 2.24) is 9.88 Å². The van der Waals surface area contributed by atoms with Crippen LogP contribution in [0.5, 0.6) is 17.2 Å². The van der Waals surface area contributed by atoms with E-state index in [0.29, 0.717) is 6.04 Å². The van der Waals surface area contributed by atoms with Crippen molar-refractivity contribution in [2.75, 3.05) is 38.7 Å². The molecule has 0 saturated carbocycles. The first kappa shape index (κ1) is 15.3. The molecule has 5 nitrogen and oxygen atoms in total. The fourth-order valence-corrected chi connectivity index (χ4v) is 3.83. The fraction of sp³-hybridized carbons (Fsp3) is 0.421. The molecular formula is C19H23N3O2. The SMILES string of the molecule is COc1cccc(Oc2cncc(N3CC4CC(C3)N(C)C4)c2)c1. The van der Waals surface area contributed by atoms with Crippen molar-refractivity contribution < 1.29 is 9.47 Å². The van der Waals surface area contributed by atoms with Crippen molar-refractivity contribution >= 4 is 5.69 Å². The van der Waals surface area contributed by atoms with Crippen LogP contribution in [-0.2, 0) is 0 Å². The molecule has 1 aromatic carbocycles. The number of pyridine rings is 1. The number of ether oxygens (including phenoxy) is 2. The Kier molecular flexibility index (Phi) is 4.02. The Labute approximate surface area is 142 Å². The van der Waals surface area contributed by atoms with E-state index in [1.54, 1.807) is 13.3 Å². The number of likely N-dealkylation sites (N-methyl/N-ethyl adjacent to an activating group) is 1. The molecule has 0 amide bonds. The highest BCUT2D eigenvalue weighted by atomic mass is 16.5. The number of anilines is 1. The standard InChI is InChI=1S/C19H23N3O2/c1-21-11-14-6-16(21)13-22(12-14)15-7-19(10-20-9-15)24-18-5-3-4-17(8-18)23-2/h3-5,7-10,14,16H,6,11-13H2,1-2H3. The fourth-order valence-electron chi connectivity index (χ4n) is 3.83.